The number of hydrogen-bond donors (Lipinski definition) is 0. The van der Waals surface area contributed by atoms with E-state index in [0.717, 1.165) is 5.92 Å². The number of allylic oxidation sites excluding steroid dienone is 1. The highest BCUT2D eigenvalue weighted by atomic mass is 14.2. The molecule has 0 nitrogen and oxygen atoms in total. The molecule has 0 radical (unpaired) electrons. The van der Waals surface area contributed by atoms with Crippen molar-refractivity contribution >= 4 is 5.57 Å². The van der Waals surface area contributed by atoms with Crippen LogP contribution in [0.3, 0.4) is 0 Å². The van der Waals surface area contributed by atoms with E-state index in [-0.39, 0.29) is 0 Å². The maximum atomic E-state index is 4.17. The van der Waals surface area contributed by atoms with Crippen LogP contribution in [0.2, 0.25) is 0 Å². The minimum Gasteiger partial charge on any atom is -0.124 e. The van der Waals surface area contributed by atoms with E-state index in [1.807, 2.05) is 13.8 Å². The predicted octanol–water partition coefficient (Wildman–Crippen LogP) is 7.33. The summed E-state index contributed by atoms with van der Waals surface area (Å²) >= 11 is 0. The first-order valence-electron chi connectivity index (χ1n) is 8.53. The van der Waals surface area contributed by atoms with Crippen molar-refractivity contribution < 1.29 is 0 Å². The van der Waals surface area contributed by atoms with E-state index in [0.29, 0.717) is 5.92 Å². The van der Waals surface area contributed by atoms with Gasteiger partial charge < -0.3 is 0 Å². The third-order valence-electron chi connectivity index (χ3n) is 3.05. The van der Waals surface area contributed by atoms with Crippen LogP contribution in [0.4, 0.5) is 0 Å². The fraction of sp³-hybridized carbons (Fsp3) is 0.478. The number of fused-ring (bicyclic) bond motifs is 1. The molecule has 0 saturated carbocycles. The molecule has 0 aromatic heterocycles. The topological polar surface area (TPSA) is 0 Å². The van der Waals surface area contributed by atoms with E-state index in [2.05, 4.69) is 85.4 Å². The van der Waals surface area contributed by atoms with Gasteiger partial charge in [-0.3, -0.25) is 0 Å². The van der Waals surface area contributed by atoms with Crippen LogP contribution in [0.1, 0.15) is 64.7 Å². The molecule has 0 bridgehead atoms. The highest BCUT2D eigenvalue weighted by Gasteiger charge is 2.18. The lowest BCUT2D eigenvalue weighted by atomic mass is 9.81. The maximum absolute atomic E-state index is 4.17. The molecule has 1 aromatic rings. The van der Waals surface area contributed by atoms with Crippen LogP contribution in [0.15, 0.2) is 37.9 Å². The molecule has 1 aliphatic rings. The second kappa shape index (κ2) is 16.6. The fourth-order valence-corrected chi connectivity index (χ4v) is 2.05. The fourth-order valence-electron chi connectivity index (χ4n) is 2.05. The first-order valence-corrected chi connectivity index (χ1v) is 8.53. The van der Waals surface area contributed by atoms with Crippen LogP contribution < -0.4 is 0 Å². The predicted molar refractivity (Wildman–Crippen MR) is 111 cm³/mol. The molecule has 0 spiro atoms. The van der Waals surface area contributed by atoms with Gasteiger partial charge in [-0.15, -0.1) is 26.0 Å². The van der Waals surface area contributed by atoms with Crippen molar-refractivity contribution in [2.24, 2.45) is 11.8 Å². The summed E-state index contributed by atoms with van der Waals surface area (Å²) in [5.74, 6) is 1.50. The van der Waals surface area contributed by atoms with E-state index in [1.54, 1.807) is 0 Å². The first-order chi connectivity index (χ1) is 10.9. The lowest BCUT2D eigenvalue weighted by Crippen LogP contribution is -2.09. The maximum Gasteiger partial charge on any atom is -0.0187 e. The number of benzene rings is 1. The Balaban J connectivity index is -0.000000340. The standard InChI is InChI=1S/C13H16.C4H10.C2H6.C2H4.C2H2/c1-9-4-7-13-11(3)10(2)5-6-12(13)8-9;1-4(2)3;3*1-2/h4,7-8,10H,3,5-6H2,1-2H3;4H,1-3H3;1-2H3;1-2H2;1-2H. The Morgan fingerprint density at radius 1 is 1.09 bits per heavy atom. The van der Waals surface area contributed by atoms with Gasteiger partial charge >= 0.3 is 0 Å². The molecule has 2 rings (SSSR count). The van der Waals surface area contributed by atoms with E-state index in [9.17, 15) is 0 Å². The van der Waals surface area contributed by atoms with Gasteiger partial charge in [-0.25, -0.2) is 0 Å². The Bertz CT molecular complexity index is 432. The minimum absolute atomic E-state index is 0.662. The molecule has 0 aliphatic heterocycles. The second-order valence-corrected chi connectivity index (χ2v) is 5.86. The molecular formula is C23H38. The third kappa shape index (κ3) is 11.5. The van der Waals surface area contributed by atoms with Crippen LogP contribution in [0.25, 0.3) is 5.57 Å². The molecule has 1 unspecified atom stereocenters. The Kier molecular flexibility index (Phi) is 18.9. The zero-order valence-corrected chi connectivity index (χ0v) is 16.6. The highest BCUT2D eigenvalue weighted by molar-refractivity contribution is 5.69. The van der Waals surface area contributed by atoms with Gasteiger partial charge in [-0.05, 0) is 48.3 Å². The highest BCUT2D eigenvalue weighted by Crippen LogP contribution is 2.33. The van der Waals surface area contributed by atoms with E-state index in [1.165, 1.54) is 35.1 Å². The molecule has 0 fully saturated rings. The van der Waals surface area contributed by atoms with Crippen molar-refractivity contribution in [3.63, 3.8) is 0 Å². The summed E-state index contributed by atoms with van der Waals surface area (Å²) < 4.78 is 0. The molecule has 0 saturated heterocycles. The number of hydrogen-bond acceptors (Lipinski definition) is 0. The smallest absolute Gasteiger partial charge is 0.0187 e. The van der Waals surface area contributed by atoms with Crippen LogP contribution in [-0.2, 0) is 6.42 Å². The van der Waals surface area contributed by atoms with Gasteiger partial charge in [-0.2, -0.15) is 0 Å². The van der Waals surface area contributed by atoms with Crippen molar-refractivity contribution in [2.75, 3.05) is 0 Å². The Morgan fingerprint density at radius 2 is 1.52 bits per heavy atom. The van der Waals surface area contributed by atoms with E-state index < -0.39 is 0 Å². The molecule has 0 amide bonds. The van der Waals surface area contributed by atoms with Crippen LogP contribution >= 0.6 is 0 Å². The van der Waals surface area contributed by atoms with Crippen molar-refractivity contribution in [1.29, 1.82) is 0 Å². The molecule has 1 aromatic carbocycles. The molecule has 130 valence electrons. The van der Waals surface area contributed by atoms with Gasteiger partial charge in [0.15, 0.2) is 0 Å². The zero-order chi connectivity index (χ0) is 19.0. The van der Waals surface area contributed by atoms with Gasteiger partial charge in [0.25, 0.3) is 0 Å². The quantitative estimate of drug-likeness (QED) is 0.347. The number of rotatable bonds is 0. The van der Waals surface area contributed by atoms with Crippen LogP contribution in [0, 0.1) is 31.6 Å². The summed E-state index contributed by atoms with van der Waals surface area (Å²) in [7, 11) is 0. The normalized spacial score (nSPS) is 14.2. The molecule has 23 heavy (non-hydrogen) atoms. The van der Waals surface area contributed by atoms with Crippen molar-refractivity contribution in [3.05, 3.63) is 54.6 Å². The number of aryl methyl sites for hydroxylation is 2. The molecular weight excluding hydrogens is 276 g/mol. The largest absolute Gasteiger partial charge is 0.124 e. The summed E-state index contributed by atoms with van der Waals surface area (Å²) in [5, 5.41) is 0. The van der Waals surface area contributed by atoms with E-state index >= 15 is 0 Å². The summed E-state index contributed by atoms with van der Waals surface area (Å²) in [4.78, 5) is 0. The zero-order valence-electron chi connectivity index (χ0n) is 16.6. The van der Waals surface area contributed by atoms with Crippen LogP contribution in [0.5, 0.6) is 0 Å². The van der Waals surface area contributed by atoms with Crippen molar-refractivity contribution in [3.8, 4) is 12.8 Å². The summed E-state index contributed by atoms with van der Waals surface area (Å²) in [5.41, 5.74) is 5.56. The van der Waals surface area contributed by atoms with Crippen molar-refractivity contribution in [1.82, 2.24) is 0 Å². The molecule has 0 heterocycles. The average Bonchev–Trinajstić information content (AvgIpc) is 2.56. The Hall–Kier alpha value is -1.74. The summed E-state index contributed by atoms with van der Waals surface area (Å²) in [6.45, 7) is 25.1. The molecule has 1 aliphatic carbocycles. The lowest BCUT2D eigenvalue weighted by molar-refractivity contribution is 0.643. The first kappa shape index (κ1) is 26.2. The second-order valence-electron chi connectivity index (χ2n) is 5.86. The monoisotopic (exact) mass is 314 g/mol. The van der Waals surface area contributed by atoms with Crippen LogP contribution in [-0.4, -0.2) is 0 Å². The van der Waals surface area contributed by atoms with Gasteiger partial charge in [0.1, 0.15) is 0 Å². The lowest BCUT2D eigenvalue weighted by Gasteiger charge is -2.24. The Labute approximate surface area is 146 Å². The van der Waals surface area contributed by atoms with Crippen molar-refractivity contribution in [2.45, 2.75) is 61.3 Å². The summed E-state index contributed by atoms with van der Waals surface area (Å²) in [6, 6.07) is 6.71. The van der Waals surface area contributed by atoms with Gasteiger partial charge in [0.05, 0.1) is 0 Å². The number of terminal acetylenes is 1. The molecule has 1 atom stereocenters. The SMILES string of the molecule is C#C.C=C.C=C1c2ccc(C)cc2CCC1C.CC.CC(C)C. The Morgan fingerprint density at radius 3 is 1.96 bits per heavy atom. The molecule has 0 heteroatoms. The molecule has 0 N–H and O–H groups in total. The minimum atomic E-state index is 0.662. The van der Waals surface area contributed by atoms with E-state index in [4.69, 9.17) is 0 Å². The van der Waals surface area contributed by atoms with Gasteiger partial charge in [0.2, 0.25) is 0 Å². The summed E-state index contributed by atoms with van der Waals surface area (Å²) in [6.07, 6.45) is 10.5. The van der Waals surface area contributed by atoms with Gasteiger partial charge in [0, 0.05) is 0 Å². The van der Waals surface area contributed by atoms with Gasteiger partial charge in [-0.1, -0.05) is 71.9 Å². The third-order valence-corrected chi connectivity index (χ3v) is 3.05. The average molecular weight is 315 g/mol.